The first-order chi connectivity index (χ1) is 25.8. The smallest absolute Gasteiger partial charge is 0.0621 e. The van der Waals surface area contributed by atoms with Gasteiger partial charge in [-0.1, -0.05) is 70.6 Å². The Kier molecular flexibility index (Phi) is 10.6. The maximum absolute atomic E-state index is 6.88. The average molecular weight is 748 g/mol. The van der Waals surface area contributed by atoms with Gasteiger partial charge in [-0.25, -0.2) is 0 Å². The molecule has 8 aliphatic carbocycles. The lowest BCUT2D eigenvalue weighted by Crippen LogP contribution is -2.57. The van der Waals surface area contributed by atoms with E-state index in [0.29, 0.717) is 12.2 Å². The summed E-state index contributed by atoms with van der Waals surface area (Å²) < 4.78 is 6.88. The van der Waals surface area contributed by atoms with Gasteiger partial charge in [0.25, 0.3) is 0 Å². The Morgan fingerprint density at radius 1 is 0.346 bits per heavy atom. The standard InChI is InChI=1S/C48H77NOS2/c1-2-10-30(11-3-1)31-20-24-33(25-21-31)49(40-16-9-19-44-45(40)39-13-5-7-18-43(39)51-44)34-26-22-32(23-27-34)35-14-8-15-36-37-28-29-42-46(48(37)52-47(35)36)38-12-4-6-17-41(38)50-42/h30-48H,1-29H2. The largest absolute Gasteiger partial charge is 0.374 e. The van der Waals surface area contributed by atoms with Gasteiger partial charge in [-0.15, -0.1) is 0 Å². The minimum absolute atomic E-state index is 0.626. The van der Waals surface area contributed by atoms with Crippen LogP contribution >= 0.6 is 23.5 Å². The van der Waals surface area contributed by atoms with Crippen molar-refractivity contribution < 1.29 is 4.74 Å². The number of ether oxygens (including phenoxy) is 1. The average Bonchev–Trinajstić information content (AvgIpc) is 3.90. The molecule has 0 aromatic carbocycles. The normalized spacial score (nSPS) is 53.7. The third-order valence-corrected chi connectivity index (χ3v) is 23.3. The zero-order valence-electron chi connectivity index (χ0n) is 33.1. The molecule has 14 atom stereocenters. The van der Waals surface area contributed by atoms with Crippen LogP contribution in [0.2, 0.25) is 0 Å². The molecule has 3 saturated heterocycles. The second-order valence-corrected chi connectivity index (χ2v) is 24.4. The highest BCUT2D eigenvalue weighted by atomic mass is 32.2. The Balaban J connectivity index is 0.800. The van der Waals surface area contributed by atoms with Gasteiger partial charge in [-0.05, 0) is 169 Å². The van der Waals surface area contributed by atoms with E-state index >= 15 is 0 Å². The van der Waals surface area contributed by atoms with E-state index in [1.807, 2.05) is 0 Å². The number of thioether (sulfide) groups is 2. The summed E-state index contributed by atoms with van der Waals surface area (Å²) in [6, 6.07) is 2.74. The second-order valence-electron chi connectivity index (χ2n) is 21.5. The van der Waals surface area contributed by atoms with Crippen LogP contribution in [0, 0.1) is 59.2 Å². The lowest BCUT2D eigenvalue weighted by molar-refractivity contribution is -0.0328. The number of hydrogen-bond donors (Lipinski definition) is 0. The first kappa shape index (κ1) is 35.8. The van der Waals surface area contributed by atoms with E-state index in [2.05, 4.69) is 28.4 Å². The van der Waals surface area contributed by atoms with Crippen LogP contribution in [0.4, 0.5) is 0 Å². The van der Waals surface area contributed by atoms with Crippen LogP contribution in [0.1, 0.15) is 186 Å². The van der Waals surface area contributed by atoms with Gasteiger partial charge >= 0.3 is 0 Å². The molecule has 2 nitrogen and oxygen atoms in total. The summed E-state index contributed by atoms with van der Waals surface area (Å²) in [5.74, 6) is 10.2. The predicted molar refractivity (Wildman–Crippen MR) is 221 cm³/mol. The van der Waals surface area contributed by atoms with Crippen molar-refractivity contribution in [1.82, 2.24) is 4.90 Å². The quantitative estimate of drug-likeness (QED) is 0.277. The summed E-state index contributed by atoms with van der Waals surface area (Å²) in [6.07, 6.45) is 45.6. The highest BCUT2D eigenvalue weighted by Gasteiger charge is 2.60. The molecule has 11 aliphatic rings. The molecule has 0 bridgehead atoms. The monoisotopic (exact) mass is 748 g/mol. The van der Waals surface area contributed by atoms with Gasteiger partial charge in [0.15, 0.2) is 0 Å². The van der Waals surface area contributed by atoms with Gasteiger partial charge < -0.3 is 4.74 Å². The molecular weight excluding hydrogens is 671 g/mol. The first-order valence-electron chi connectivity index (χ1n) is 24.5. The molecule has 292 valence electrons. The van der Waals surface area contributed by atoms with Crippen molar-refractivity contribution in [3.05, 3.63) is 0 Å². The van der Waals surface area contributed by atoms with E-state index in [9.17, 15) is 0 Å². The molecule has 0 amide bonds. The molecule has 0 aromatic heterocycles. The minimum atomic E-state index is 0.626. The van der Waals surface area contributed by atoms with E-state index in [1.54, 1.807) is 109 Å². The molecule has 0 N–H and O–H groups in total. The van der Waals surface area contributed by atoms with Crippen LogP contribution in [0.15, 0.2) is 0 Å². The lowest BCUT2D eigenvalue weighted by Gasteiger charge is -2.53. The van der Waals surface area contributed by atoms with Crippen molar-refractivity contribution in [2.45, 2.75) is 238 Å². The zero-order chi connectivity index (χ0) is 34.2. The van der Waals surface area contributed by atoms with Gasteiger partial charge in [0.05, 0.1) is 12.2 Å². The highest BCUT2D eigenvalue weighted by Crippen LogP contribution is 2.64. The van der Waals surface area contributed by atoms with Crippen LogP contribution in [0.5, 0.6) is 0 Å². The molecule has 52 heavy (non-hydrogen) atoms. The van der Waals surface area contributed by atoms with Crippen LogP contribution in [0.25, 0.3) is 0 Å². The molecule has 11 fully saturated rings. The van der Waals surface area contributed by atoms with E-state index in [0.717, 1.165) is 98.3 Å². The zero-order valence-corrected chi connectivity index (χ0v) is 34.8. The fourth-order valence-corrected chi connectivity index (χ4v) is 22.1. The van der Waals surface area contributed by atoms with E-state index in [1.165, 1.54) is 77.0 Å². The number of hydrogen-bond acceptors (Lipinski definition) is 4. The number of fused-ring (bicyclic) bond motifs is 10. The van der Waals surface area contributed by atoms with E-state index in [-0.39, 0.29) is 0 Å². The molecule has 11 rings (SSSR count). The molecule has 0 aromatic rings. The lowest BCUT2D eigenvalue weighted by atomic mass is 9.62. The van der Waals surface area contributed by atoms with Crippen molar-refractivity contribution in [1.29, 1.82) is 0 Å². The molecule has 8 saturated carbocycles. The molecule has 4 heteroatoms. The van der Waals surface area contributed by atoms with Crippen molar-refractivity contribution >= 4 is 23.5 Å². The second kappa shape index (κ2) is 15.4. The van der Waals surface area contributed by atoms with Crippen molar-refractivity contribution in [2.75, 3.05) is 0 Å². The van der Waals surface area contributed by atoms with Crippen molar-refractivity contribution in [3.63, 3.8) is 0 Å². The summed E-state index contributed by atoms with van der Waals surface area (Å²) >= 11 is 5.13. The molecule has 3 heterocycles. The molecular formula is C48H77NOS2. The van der Waals surface area contributed by atoms with E-state index in [4.69, 9.17) is 4.74 Å². The first-order valence-corrected chi connectivity index (χ1v) is 26.4. The molecule has 0 spiro atoms. The summed E-state index contributed by atoms with van der Waals surface area (Å²) in [5.41, 5.74) is 0. The van der Waals surface area contributed by atoms with Crippen LogP contribution < -0.4 is 0 Å². The van der Waals surface area contributed by atoms with Gasteiger partial charge in [0.1, 0.15) is 0 Å². The number of rotatable bonds is 5. The van der Waals surface area contributed by atoms with Crippen LogP contribution in [-0.2, 0) is 4.74 Å². The fourth-order valence-electron chi connectivity index (χ4n) is 17.4. The van der Waals surface area contributed by atoms with Crippen molar-refractivity contribution in [2.24, 2.45) is 59.2 Å². The molecule has 14 unspecified atom stereocenters. The third kappa shape index (κ3) is 6.39. The van der Waals surface area contributed by atoms with E-state index < -0.39 is 0 Å². The fraction of sp³-hybridized carbons (Fsp3) is 1.00. The predicted octanol–water partition coefficient (Wildman–Crippen LogP) is 12.7. The van der Waals surface area contributed by atoms with Gasteiger partial charge in [-0.2, -0.15) is 23.5 Å². The molecule has 3 aliphatic heterocycles. The summed E-state index contributed by atoms with van der Waals surface area (Å²) in [6.45, 7) is 0. The summed E-state index contributed by atoms with van der Waals surface area (Å²) in [7, 11) is 0. The van der Waals surface area contributed by atoms with Gasteiger partial charge in [-0.3, -0.25) is 4.90 Å². The third-order valence-electron chi connectivity index (χ3n) is 19.5. The van der Waals surface area contributed by atoms with Gasteiger partial charge in [0, 0.05) is 45.0 Å². The summed E-state index contributed by atoms with van der Waals surface area (Å²) in [5, 5.41) is 3.96. The summed E-state index contributed by atoms with van der Waals surface area (Å²) in [4.78, 5) is 3.44. The van der Waals surface area contributed by atoms with Crippen LogP contribution in [0.3, 0.4) is 0 Å². The molecule has 0 radical (unpaired) electrons. The van der Waals surface area contributed by atoms with Crippen molar-refractivity contribution in [3.8, 4) is 0 Å². The Morgan fingerprint density at radius 3 is 1.79 bits per heavy atom. The maximum atomic E-state index is 6.88. The maximum Gasteiger partial charge on any atom is 0.0621 e. The Hall–Kier alpha value is 0.620. The Morgan fingerprint density at radius 2 is 0.962 bits per heavy atom. The topological polar surface area (TPSA) is 12.5 Å². The minimum Gasteiger partial charge on any atom is -0.374 e. The Bertz CT molecular complexity index is 1200. The number of nitrogens with zero attached hydrogens (tertiary/aromatic N) is 1. The highest BCUT2D eigenvalue weighted by molar-refractivity contribution is 8.01. The SMILES string of the molecule is C1CCC(C2CCC(N(C3CCC(C4CCCC5C6CCC7OC8CCCCC8C7C6SC45)CC3)C3CCCC4SC5CCCCC5C43)CC2)CC1. The van der Waals surface area contributed by atoms with Gasteiger partial charge in [0.2, 0.25) is 0 Å². The van der Waals surface area contributed by atoms with Crippen LogP contribution in [-0.4, -0.2) is 56.2 Å². The Labute approximate surface area is 328 Å².